The Labute approximate surface area is 179 Å². The van der Waals surface area contributed by atoms with Crippen molar-refractivity contribution in [2.45, 2.75) is 46.5 Å². The first-order valence-electron chi connectivity index (χ1n) is 11.0. The van der Waals surface area contributed by atoms with Crippen LogP contribution in [0.1, 0.15) is 45.7 Å². The fraction of sp³-hybridized carbons (Fsp3) is 0.276. The van der Waals surface area contributed by atoms with E-state index in [-0.39, 0.29) is 5.41 Å². The summed E-state index contributed by atoms with van der Waals surface area (Å²) in [6.45, 7) is 11.4. The zero-order valence-corrected chi connectivity index (χ0v) is 18.6. The van der Waals surface area contributed by atoms with Crippen LogP contribution in [0.5, 0.6) is 0 Å². The van der Waals surface area contributed by atoms with Crippen molar-refractivity contribution in [1.29, 1.82) is 0 Å². The van der Waals surface area contributed by atoms with Crippen LogP contribution in [0.15, 0.2) is 66.9 Å². The number of benzene rings is 3. The zero-order valence-electron chi connectivity index (χ0n) is 18.6. The quantitative estimate of drug-likeness (QED) is 0.297. The van der Waals surface area contributed by atoms with Crippen LogP contribution < -0.4 is 0 Å². The van der Waals surface area contributed by atoms with E-state index in [4.69, 9.17) is 4.98 Å². The molecule has 0 saturated carbocycles. The highest BCUT2D eigenvalue weighted by Crippen LogP contribution is 2.48. The molecule has 0 saturated heterocycles. The molecule has 5 rings (SSSR count). The molecule has 4 aromatic rings. The Morgan fingerprint density at radius 3 is 2.20 bits per heavy atom. The molecule has 30 heavy (non-hydrogen) atoms. The van der Waals surface area contributed by atoms with Gasteiger partial charge in [0, 0.05) is 17.1 Å². The smallest absolute Gasteiger partial charge is 0.0792 e. The highest BCUT2D eigenvalue weighted by Gasteiger charge is 2.25. The lowest BCUT2D eigenvalue weighted by molar-refractivity contribution is 0.591. The first-order chi connectivity index (χ1) is 14.3. The molecule has 1 nitrogen and oxygen atoms in total. The van der Waals surface area contributed by atoms with Crippen molar-refractivity contribution in [2.24, 2.45) is 5.92 Å². The molecular weight excluding hydrogens is 362 g/mol. The van der Waals surface area contributed by atoms with Crippen molar-refractivity contribution in [2.75, 3.05) is 0 Å². The number of pyridine rings is 1. The molecule has 0 unspecified atom stereocenters. The van der Waals surface area contributed by atoms with E-state index in [0.29, 0.717) is 5.92 Å². The molecule has 0 aliphatic heterocycles. The summed E-state index contributed by atoms with van der Waals surface area (Å²) in [5, 5.41) is 2.55. The molecule has 150 valence electrons. The second-order valence-corrected chi connectivity index (χ2v) is 10.1. The Hall–Kier alpha value is -2.93. The van der Waals surface area contributed by atoms with Crippen LogP contribution >= 0.6 is 0 Å². The van der Waals surface area contributed by atoms with Gasteiger partial charge in [0.1, 0.15) is 0 Å². The second-order valence-electron chi connectivity index (χ2n) is 10.1. The van der Waals surface area contributed by atoms with E-state index < -0.39 is 0 Å². The summed E-state index contributed by atoms with van der Waals surface area (Å²) in [6, 6.07) is 22.8. The maximum Gasteiger partial charge on any atom is 0.0792 e. The first-order valence-corrected chi connectivity index (χ1v) is 11.0. The zero-order chi connectivity index (χ0) is 21.0. The Morgan fingerprint density at radius 1 is 0.767 bits per heavy atom. The minimum Gasteiger partial charge on any atom is -0.256 e. The highest BCUT2D eigenvalue weighted by atomic mass is 14.7. The van der Waals surface area contributed by atoms with E-state index in [1.165, 1.54) is 49.7 Å². The van der Waals surface area contributed by atoms with Crippen LogP contribution in [-0.4, -0.2) is 4.98 Å². The number of nitrogens with zero attached hydrogens (tertiary/aromatic N) is 1. The summed E-state index contributed by atoms with van der Waals surface area (Å²) < 4.78 is 0. The van der Waals surface area contributed by atoms with Gasteiger partial charge in [-0.2, -0.15) is 0 Å². The van der Waals surface area contributed by atoms with E-state index in [0.717, 1.165) is 12.1 Å². The molecule has 0 amide bonds. The predicted molar refractivity (Wildman–Crippen MR) is 129 cm³/mol. The van der Waals surface area contributed by atoms with Gasteiger partial charge in [-0.05, 0) is 68.7 Å². The van der Waals surface area contributed by atoms with Gasteiger partial charge in [-0.3, -0.25) is 4.98 Å². The summed E-state index contributed by atoms with van der Waals surface area (Å²) in [5.41, 5.74) is 10.4. The summed E-state index contributed by atoms with van der Waals surface area (Å²) in [5.74, 6) is 0.636. The van der Waals surface area contributed by atoms with Gasteiger partial charge in [0.05, 0.1) is 5.69 Å². The number of fused-ring (bicyclic) bond motifs is 5. The fourth-order valence-corrected chi connectivity index (χ4v) is 4.74. The molecule has 1 aliphatic carbocycles. The largest absolute Gasteiger partial charge is 0.256 e. The monoisotopic (exact) mass is 391 g/mol. The molecule has 1 heteroatoms. The highest BCUT2D eigenvalue weighted by molar-refractivity contribution is 6.12. The van der Waals surface area contributed by atoms with E-state index in [2.05, 4.69) is 95.3 Å². The van der Waals surface area contributed by atoms with Gasteiger partial charge in [-0.1, -0.05) is 83.1 Å². The van der Waals surface area contributed by atoms with Gasteiger partial charge in [0.25, 0.3) is 0 Å². The third kappa shape index (κ3) is 3.04. The Kier molecular flexibility index (Phi) is 4.32. The average molecular weight is 392 g/mol. The van der Waals surface area contributed by atoms with Crippen LogP contribution in [0, 0.1) is 5.92 Å². The van der Waals surface area contributed by atoms with Crippen molar-refractivity contribution in [3.63, 3.8) is 0 Å². The van der Waals surface area contributed by atoms with E-state index in [1.54, 1.807) is 0 Å². The van der Waals surface area contributed by atoms with Crippen molar-refractivity contribution < 1.29 is 0 Å². The van der Waals surface area contributed by atoms with E-state index >= 15 is 0 Å². The summed E-state index contributed by atoms with van der Waals surface area (Å²) in [6.07, 6.45) is 3.06. The van der Waals surface area contributed by atoms with Gasteiger partial charge in [0.2, 0.25) is 0 Å². The molecule has 1 aliphatic rings. The number of hydrogen-bond acceptors (Lipinski definition) is 1. The summed E-state index contributed by atoms with van der Waals surface area (Å²) in [7, 11) is 0. The molecule has 3 aromatic carbocycles. The molecule has 0 spiro atoms. The maximum atomic E-state index is 4.90. The first kappa shape index (κ1) is 19.1. The molecule has 0 atom stereocenters. The van der Waals surface area contributed by atoms with Gasteiger partial charge in [-0.25, -0.2) is 0 Å². The van der Waals surface area contributed by atoms with Gasteiger partial charge < -0.3 is 0 Å². The Balaban J connectivity index is 1.91. The molecule has 1 aromatic heterocycles. The van der Waals surface area contributed by atoms with Crippen LogP contribution in [0.3, 0.4) is 0 Å². The minimum atomic E-state index is 0.0899. The topological polar surface area (TPSA) is 12.9 Å². The summed E-state index contributed by atoms with van der Waals surface area (Å²) >= 11 is 0. The Bertz CT molecular complexity index is 1270. The van der Waals surface area contributed by atoms with Gasteiger partial charge in [0.15, 0.2) is 0 Å². The van der Waals surface area contributed by atoms with Crippen molar-refractivity contribution in [1.82, 2.24) is 4.98 Å². The molecule has 0 bridgehead atoms. The van der Waals surface area contributed by atoms with Crippen molar-refractivity contribution in [3.05, 3.63) is 78.0 Å². The predicted octanol–water partition coefficient (Wildman–Crippen LogP) is 8.05. The third-order valence-electron chi connectivity index (χ3n) is 6.22. The maximum absolute atomic E-state index is 4.90. The van der Waals surface area contributed by atoms with E-state index in [1.807, 2.05) is 6.20 Å². The van der Waals surface area contributed by atoms with Crippen molar-refractivity contribution >= 4 is 10.8 Å². The molecule has 0 fully saturated rings. The lowest BCUT2D eigenvalue weighted by atomic mass is 9.83. The minimum absolute atomic E-state index is 0.0899. The summed E-state index contributed by atoms with van der Waals surface area (Å²) in [4.78, 5) is 4.90. The Morgan fingerprint density at radius 2 is 1.50 bits per heavy atom. The molecular formula is C29H29N. The van der Waals surface area contributed by atoms with Gasteiger partial charge >= 0.3 is 0 Å². The average Bonchev–Trinajstić information content (AvgIpc) is 2.82. The molecule has 0 radical (unpaired) electrons. The standard InChI is InChI=1S/C29H29N/c1-18(2)14-19-10-11-24-25(15-19)22-8-6-7-9-23(22)26-17-21(29(3,4)5)16-20-12-13-30-28(24)27(20)26/h6-13,15-18H,14H2,1-5H3. The lowest BCUT2D eigenvalue weighted by Crippen LogP contribution is -2.11. The van der Waals surface area contributed by atoms with Crippen molar-refractivity contribution in [3.8, 4) is 33.5 Å². The second kappa shape index (κ2) is 6.80. The normalized spacial score (nSPS) is 12.6. The van der Waals surface area contributed by atoms with Crippen LogP contribution in [0.2, 0.25) is 0 Å². The van der Waals surface area contributed by atoms with Crippen LogP contribution in [0.25, 0.3) is 44.3 Å². The lowest BCUT2D eigenvalue weighted by Gasteiger charge is -2.22. The number of aromatic nitrogens is 1. The fourth-order valence-electron chi connectivity index (χ4n) is 4.74. The van der Waals surface area contributed by atoms with Crippen LogP contribution in [-0.2, 0) is 11.8 Å². The van der Waals surface area contributed by atoms with Crippen LogP contribution in [0.4, 0.5) is 0 Å². The van der Waals surface area contributed by atoms with E-state index in [9.17, 15) is 0 Å². The molecule has 1 heterocycles. The number of rotatable bonds is 2. The third-order valence-corrected chi connectivity index (χ3v) is 6.22. The SMILES string of the molecule is CC(C)Cc1ccc2c(c1)-c1ccccc1-c1cc(C(C)(C)C)cc3ccnc-2c13. The molecule has 0 N–H and O–H groups in total. The number of hydrogen-bond donors (Lipinski definition) is 0. The van der Waals surface area contributed by atoms with Gasteiger partial charge in [-0.15, -0.1) is 0 Å².